The summed E-state index contributed by atoms with van der Waals surface area (Å²) in [6.07, 6.45) is 0.956. The van der Waals surface area contributed by atoms with Gasteiger partial charge in [0.05, 0.1) is 5.52 Å². The maximum Gasteiger partial charge on any atom is 0.132 e. The van der Waals surface area contributed by atoms with E-state index < -0.39 is 0 Å². The molecule has 1 aliphatic heterocycles. The third-order valence-corrected chi connectivity index (χ3v) is 5.01. The molecule has 1 aromatic carbocycles. The molecule has 0 N–H and O–H groups in total. The van der Waals surface area contributed by atoms with Gasteiger partial charge in [-0.25, -0.2) is 9.97 Å². The van der Waals surface area contributed by atoms with Crippen LogP contribution in [0.25, 0.3) is 10.9 Å². The van der Waals surface area contributed by atoms with Gasteiger partial charge in [0.1, 0.15) is 11.6 Å². The number of pyridine rings is 1. The van der Waals surface area contributed by atoms with Crippen LogP contribution in [0.3, 0.4) is 0 Å². The summed E-state index contributed by atoms with van der Waals surface area (Å²) >= 11 is 0. The van der Waals surface area contributed by atoms with Gasteiger partial charge in [0, 0.05) is 54.7 Å². The lowest BCUT2D eigenvalue weighted by atomic mass is 10.1. The molecule has 3 aromatic rings. The number of hydrogen-bond acceptors (Lipinski definition) is 5. The molecule has 0 radical (unpaired) electrons. The van der Waals surface area contributed by atoms with Crippen molar-refractivity contribution in [3.63, 3.8) is 0 Å². The first-order chi connectivity index (χ1) is 12.6. The molecule has 0 amide bonds. The van der Waals surface area contributed by atoms with Crippen LogP contribution in [0, 0.1) is 13.8 Å². The monoisotopic (exact) mass is 347 g/mol. The van der Waals surface area contributed by atoms with E-state index in [1.54, 1.807) is 0 Å². The van der Waals surface area contributed by atoms with Crippen LogP contribution in [0.5, 0.6) is 0 Å². The maximum absolute atomic E-state index is 4.78. The minimum Gasteiger partial charge on any atom is -0.367 e. The molecule has 0 bridgehead atoms. The fraction of sp³-hybridized carbons (Fsp3) is 0.381. The van der Waals surface area contributed by atoms with Crippen molar-refractivity contribution >= 4 is 22.4 Å². The van der Waals surface area contributed by atoms with Crippen molar-refractivity contribution in [1.82, 2.24) is 15.0 Å². The van der Waals surface area contributed by atoms with E-state index in [2.05, 4.69) is 63.1 Å². The lowest BCUT2D eigenvalue weighted by Gasteiger charge is -2.37. The summed E-state index contributed by atoms with van der Waals surface area (Å²) < 4.78 is 0. The van der Waals surface area contributed by atoms with Gasteiger partial charge in [-0.2, -0.15) is 0 Å². The number of benzene rings is 1. The highest BCUT2D eigenvalue weighted by molar-refractivity contribution is 5.92. The fourth-order valence-corrected chi connectivity index (χ4v) is 3.69. The number of aryl methyl sites for hydroxylation is 3. The molecule has 1 saturated heterocycles. The van der Waals surface area contributed by atoms with Crippen LogP contribution in [0.15, 0.2) is 36.4 Å². The highest BCUT2D eigenvalue weighted by Gasteiger charge is 2.21. The normalized spacial score (nSPS) is 14.9. The van der Waals surface area contributed by atoms with Gasteiger partial charge in [0.25, 0.3) is 0 Å². The molecular weight excluding hydrogens is 322 g/mol. The van der Waals surface area contributed by atoms with Gasteiger partial charge in [-0.3, -0.25) is 4.98 Å². The van der Waals surface area contributed by atoms with Crippen LogP contribution >= 0.6 is 0 Å². The molecule has 0 saturated carbocycles. The van der Waals surface area contributed by atoms with E-state index in [4.69, 9.17) is 4.98 Å². The smallest absolute Gasteiger partial charge is 0.132 e. The SMILES string of the molecule is CCc1cc(N2CCN(c3cc(C)nc(C)n3)CC2)c2ccccc2n1. The van der Waals surface area contributed by atoms with Gasteiger partial charge in [-0.15, -0.1) is 0 Å². The zero-order valence-electron chi connectivity index (χ0n) is 15.7. The second-order valence-corrected chi connectivity index (χ2v) is 6.89. The van der Waals surface area contributed by atoms with Crippen LogP contribution in [0.1, 0.15) is 24.1 Å². The third-order valence-electron chi connectivity index (χ3n) is 5.01. The van der Waals surface area contributed by atoms with E-state index >= 15 is 0 Å². The Morgan fingerprint density at radius 1 is 0.885 bits per heavy atom. The number of para-hydroxylation sites is 1. The summed E-state index contributed by atoms with van der Waals surface area (Å²) in [6, 6.07) is 12.8. The quantitative estimate of drug-likeness (QED) is 0.725. The predicted octanol–water partition coefficient (Wildman–Crippen LogP) is 3.53. The Morgan fingerprint density at radius 3 is 2.35 bits per heavy atom. The summed E-state index contributed by atoms with van der Waals surface area (Å²) in [7, 11) is 0. The van der Waals surface area contributed by atoms with Crippen molar-refractivity contribution in [3.05, 3.63) is 53.6 Å². The molecule has 5 heteroatoms. The minimum absolute atomic E-state index is 0.843. The third kappa shape index (κ3) is 3.21. The number of hydrogen-bond donors (Lipinski definition) is 0. The van der Waals surface area contributed by atoms with E-state index in [9.17, 15) is 0 Å². The fourth-order valence-electron chi connectivity index (χ4n) is 3.69. The summed E-state index contributed by atoms with van der Waals surface area (Å²) in [5, 5.41) is 1.24. The van der Waals surface area contributed by atoms with Crippen LogP contribution < -0.4 is 9.80 Å². The van der Waals surface area contributed by atoms with Crippen molar-refractivity contribution < 1.29 is 0 Å². The number of anilines is 2. The van der Waals surface area contributed by atoms with Crippen LogP contribution in [0.4, 0.5) is 11.5 Å². The summed E-state index contributed by atoms with van der Waals surface area (Å²) in [4.78, 5) is 18.6. The van der Waals surface area contributed by atoms with Gasteiger partial charge >= 0.3 is 0 Å². The number of aromatic nitrogens is 3. The molecule has 1 aliphatic rings. The van der Waals surface area contributed by atoms with E-state index in [0.717, 1.165) is 61.1 Å². The zero-order valence-corrected chi connectivity index (χ0v) is 15.7. The molecule has 26 heavy (non-hydrogen) atoms. The van der Waals surface area contributed by atoms with Gasteiger partial charge in [-0.05, 0) is 32.4 Å². The Bertz CT molecular complexity index is 909. The van der Waals surface area contributed by atoms with Gasteiger partial charge < -0.3 is 9.80 Å². The Hall–Kier alpha value is -2.69. The summed E-state index contributed by atoms with van der Waals surface area (Å²) in [6.45, 7) is 10.1. The van der Waals surface area contributed by atoms with E-state index in [1.807, 2.05) is 13.8 Å². The van der Waals surface area contributed by atoms with Gasteiger partial charge in [0.15, 0.2) is 0 Å². The predicted molar refractivity (Wildman–Crippen MR) is 107 cm³/mol. The summed E-state index contributed by atoms with van der Waals surface area (Å²) in [5.41, 5.74) is 4.58. The average molecular weight is 347 g/mol. The van der Waals surface area contributed by atoms with Gasteiger partial charge in [-0.1, -0.05) is 25.1 Å². The molecule has 3 heterocycles. The molecular formula is C21H25N5. The highest BCUT2D eigenvalue weighted by atomic mass is 15.3. The molecule has 4 rings (SSSR count). The molecule has 134 valence electrons. The first kappa shape index (κ1) is 16.8. The largest absolute Gasteiger partial charge is 0.367 e. The summed E-state index contributed by atoms with van der Waals surface area (Å²) in [5.74, 6) is 1.89. The number of piperazine rings is 1. The van der Waals surface area contributed by atoms with Crippen molar-refractivity contribution in [2.75, 3.05) is 36.0 Å². The first-order valence-electron chi connectivity index (χ1n) is 9.35. The molecule has 5 nitrogen and oxygen atoms in total. The minimum atomic E-state index is 0.843. The molecule has 0 unspecified atom stereocenters. The van der Waals surface area contributed by atoms with E-state index in [-0.39, 0.29) is 0 Å². The Morgan fingerprint density at radius 2 is 1.62 bits per heavy atom. The average Bonchev–Trinajstić information content (AvgIpc) is 2.66. The molecule has 0 aliphatic carbocycles. The number of rotatable bonds is 3. The van der Waals surface area contributed by atoms with Crippen molar-refractivity contribution in [3.8, 4) is 0 Å². The molecule has 0 atom stereocenters. The van der Waals surface area contributed by atoms with Gasteiger partial charge in [0.2, 0.25) is 0 Å². The molecule has 0 spiro atoms. The highest BCUT2D eigenvalue weighted by Crippen LogP contribution is 2.28. The topological polar surface area (TPSA) is 45.2 Å². The zero-order chi connectivity index (χ0) is 18.1. The van der Waals surface area contributed by atoms with E-state index in [1.165, 1.54) is 11.1 Å². The molecule has 1 fully saturated rings. The standard InChI is InChI=1S/C21H25N5/c1-4-17-14-20(18-7-5-6-8-19(18)24-17)25-9-11-26(12-10-25)21-13-15(2)22-16(3)23-21/h5-8,13-14H,4,9-12H2,1-3H3. The second kappa shape index (κ2) is 6.90. The number of fused-ring (bicyclic) bond motifs is 1. The number of nitrogens with zero attached hydrogens (tertiary/aromatic N) is 5. The first-order valence-corrected chi connectivity index (χ1v) is 9.35. The Balaban J connectivity index is 1.59. The van der Waals surface area contributed by atoms with Crippen LogP contribution in [-0.2, 0) is 6.42 Å². The Kier molecular flexibility index (Phi) is 4.45. The van der Waals surface area contributed by atoms with Crippen molar-refractivity contribution in [1.29, 1.82) is 0 Å². The van der Waals surface area contributed by atoms with Crippen LogP contribution in [0.2, 0.25) is 0 Å². The Labute approximate surface area is 154 Å². The maximum atomic E-state index is 4.78. The van der Waals surface area contributed by atoms with E-state index in [0.29, 0.717) is 0 Å². The van der Waals surface area contributed by atoms with Crippen molar-refractivity contribution in [2.45, 2.75) is 27.2 Å². The second-order valence-electron chi connectivity index (χ2n) is 6.89. The lowest BCUT2D eigenvalue weighted by Crippen LogP contribution is -2.47. The molecule has 2 aromatic heterocycles. The van der Waals surface area contributed by atoms with Crippen LogP contribution in [-0.4, -0.2) is 41.1 Å². The lowest BCUT2D eigenvalue weighted by molar-refractivity contribution is 0.646. The van der Waals surface area contributed by atoms with Crippen molar-refractivity contribution in [2.24, 2.45) is 0 Å².